The van der Waals surface area contributed by atoms with Gasteiger partial charge in [-0.3, -0.25) is 9.69 Å². The molecule has 0 bridgehead atoms. The topological polar surface area (TPSA) is 81.9 Å². The maximum atomic E-state index is 12.0. The van der Waals surface area contributed by atoms with Gasteiger partial charge in [-0.1, -0.05) is 4.49 Å². The number of nitrogens with zero attached hydrogens (tertiary/aromatic N) is 4. The van der Waals surface area contributed by atoms with Gasteiger partial charge in [0, 0.05) is 19.1 Å². The molecule has 1 aromatic rings. The number of carbonyl (C=O) groups excluding carboxylic acids is 1. The Bertz CT molecular complexity index is 458. The van der Waals surface area contributed by atoms with Crippen LogP contribution in [0.5, 0.6) is 0 Å². The normalized spacial score (nSPS) is 17.3. The summed E-state index contributed by atoms with van der Waals surface area (Å²) in [6.07, 6.45) is 1.78. The molecule has 0 aliphatic carbocycles. The molecule has 1 amide bonds. The fourth-order valence-electron chi connectivity index (χ4n) is 2.03. The van der Waals surface area contributed by atoms with E-state index in [9.17, 15) is 4.79 Å². The van der Waals surface area contributed by atoms with Crippen LogP contribution >= 0.6 is 11.5 Å². The largest absolute Gasteiger partial charge is 0.348 e. The SMILES string of the molecule is Cc1nnsc1C(=O)NC1CCN(CC#N)CC1. The fraction of sp³-hybridized carbons (Fsp3) is 0.636. The number of nitriles is 1. The van der Waals surface area contributed by atoms with Crippen LogP contribution in [0.25, 0.3) is 0 Å². The van der Waals surface area contributed by atoms with E-state index < -0.39 is 0 Å². The van der Waals surface area contributed by atoms with Gasteiger partial charge in [0.05, 0.1) is 18.3 Å². The summed E-state index contributed by atoms with van der Waals surface area (Å²) in [4.78, 5) is 14.6. The van der Waals surface area contributed by atoms with E-state index in [1.165, 1.54) is 0 Å². The maximum absolute atomic E-state index is 12.0. The summed E-state index contributed by atoms with van der Waals surface area (Å²) in [5.74, 6) is -0.0822. The Morgan fingerprint density at radius 2 is 2.33 bits per heavy atom. The second kappa shape index (κ2) is 5.89. The fourth-order valence-corrected chi connectivity index (χ4v) is 2.59. The van der Waals surface area contributed by atoms with Gasteiger partial charge in [0.2, 0.25) is 0 Å². The summed E-state index contributed by atoms with van der Waals surface area (Å²) < 4.78 is 3.76. The summed E-state index contributed by atoms with van der Waals surface area (Å²) in [5.41, 5.74) is 0.680. The highest BCUT2D eigenvalue weighted by atomic mass is 32.1. The highest BCUT2D eigenvalue weighted by Crippen LogP contribution is 2.13. The van der Waals surface area contributed by atoms with E-state index in [2.05, 4.69) is 25.9 Å². The van der Waals surface area contributed by atoms with Crippen LogP contribution in [0.4, 0.5) is 0 Å². The molecule has 7 heteroatoms. The third kappa shape index (κ3) is 3.03. The summed E-state index contributed by atoms with van der Waals surface area (Å²) in [6.45, 7) is 3.98. The monoisotopic (exact) mass is 265 g/mol. The van der Waals surface area contributed by atoms with Crippen molar-refractivity contribution in [3.05, 3.63) is 10.6 Å². The number of hydrogen-bond donors (Lipinski definition) is 1. The predicted molar refractivity (Wildman–Crippen MR) is 67.2 cm³/mol. The number of likely N-dealkylation sites (tertiary alicyclic amines) is 1. The van der Waals surface area contributed by atoms with Gasteiger partial charge < -0.3 is 5.32 Å². The average molecular weight is 265 g/mol. The first-order valence-electron chi connectivity index (χ1n) is 5.90. The van der Waals surface area contributed by atoms with Crippen molar-refractivity contribution in [2.45, 2.75) is 25.8 Å². The van der Waals surface area contributed by atoms with E-state index in [0.29, 0.717) is 17.1 Å². The van der Waals surface area contributed by atoms with Crippen molar-refractivity contribution in [3.8, 4) is 6.07 Å². The third-order valence-electron chi connectivity index (χ3n) is 3.07. The second-order valence-electron chi connectivity index (χ2n) is 4.37. The van der Waals surface area contributed by atoms with E-state index in [1.807, 2.05) is 0 Å². The molecule has 0 spiro atoms. The number of carbonyl (C=O) groups is 1. The van der Waals surface area contributed by atoms with E-state index in [1.54, 1.807) is 6.92 Å². The number of nitrogens with one attached hydrogen (secondary N) is 1. The van der Waals surface area contributed by atoms with Crippen LogP contribution in [0, 0.1) is 18.3 Å². The molecule has 0 atom stereocenters. The molecule has 0 saturated carbocycles. The van der Waals surface area contributed by atoms with Gasteiger partial charge in [-0.15, -0.1) is 5.10 Å². The molecule has 6 nitrogen and oxygen atoms in total. The second-order valence-corrected chi connectivity index (χ2v) is 5.12. The molecular weight excluding hydrogens is 250 g/mol. The van der Waals surface area contributed by atoms with Gasteiger partial charge >= 0.3 is 0 Å². The zero-order valence-electron chi connectivity index (χ0n) is 10.2. The molecule has 2 heterocycles. The summed E-state index contributed by atoms with van der Waals surface area (Å²) >= 11 is 1.13. The first kappa shape index (κ1) is 12.9. The van der Waals surface area contributed by atoms with Crippen LogP contribution in [0.15, 0.2) is 0 Å². The third-order valence-corrected chi connectivity index (χ3v) is 3.90. The summed E-state index contributed by atoms with van der Waals surface area (Å²) in [5, 5.41) is 15.4. The van der Waals surface area contributed by atoms with Gasteiger partial charge in [-0.2, -0.15) is 5.26 Å². The highest BCUT2D eigenvalue weighted by molar-refractivity contribution is 7.08. The molecule has 1 aliphatic rings. The minimum Gasteiger partial charge on any atom is -0.348 e. The van der Waals surface area contributed by atoms with Crippen LogP contribution in [0.1, 0.15) is 28.2 Å². The van der Waals surface area contributed by atoms with Crippen LogP contribution in [-0.2, 0) is 0 Å². The summed E-state index contributed by atoms with van der Waals surface area (Å²) in [7, 11) is 0. The molecule has 1 aromatic heterocycles. The first-order valence-corrected chi connectivity index (χ1v) is 6.67. The van der Waals surface area contributed by atoms with Crippen LogP contribution in [0.2, 0.25) is 0 Å². The van der Waals surface area contributed by atoms with Gasteiger partial charge in [0.1, 0.15) is 4.88 Å². The molecule has 0 aromatic carbocycles. The van der Waals surface area contributed by atoms with Crippen molar-refractivity contribution in [2.24, 2.45) is 0 Å². The molecule has 0 radical (unpaired) electrons. The predicted octanol–water partition coefficient (Wildman–Crippen LogP) is 0.564. The Hall–Kier alpha value is -1.52. The maximum Gasteiger partial charge on any atom is 0.265 e. The van der Waals surface area contributed by atoms with Crippen molar-refractivity contribution in [2.75, 3.05) is 19.6 Å². The van der Waals surface area contributed by atoms with E-state index in [-0.39, 0.29) is 11.9 Å². The standard InChI is InChI=1S/C11H15N5OS/c1-8-10(18-15-14-8)11(17)13-9-2-5-16(6-3-9)7-4-12/h9H,2-3,5-7H2,1H3,(H,13,17). The van der Waals surface area contributed by atoms with Crippen molar-refractivity contribution in [1.82, 2.24) is 19.8 Å². The van der Waals surface area contributed by atoms with Crippen LogP contribution in [0.3, 0.4) is 0 Å². The quantitative estimate of drug-likeness (QED) is 0.808. The molecule has 18 heavy (non-hydrogen) atoms. The van der Waals surface area contributed by atoms with Gasteiger partial charge in [-0.25, -0.2) is 0 Å². The van der Waals surface area contributed by atoms with Crippen molar-refractivity contribution in [3.63, 3.8) is 0 Å². The Labute approximate surface area is 110 Å². The Morgan fingerprint density at radius 3 is 2.89 bits per heavy atom. The lowest BCUT2D eigenvalue weighted by atomic mass is 10.1. The minimum absolute atomic E-state index is 0.0822. The van der Waals surface area contributed by atoms with Gasteiger partial charge in [-0.05, 0) is 31.3 Å². The zero-order valence-corrected chi connectivity index (χ0v) is 11.0. The smallest absolute Gasteiger partial charge is 0.265 e. The van der Waals surface area contributed by atoms with Crippen molar-refractivity contribution in [1.29, 1.82) is 5.26 Å². The van der Waals surface area contributed by atoms with Gasteiger partial charge in [0.25, 0.3) is 5.91 Å². The first-order chi connectivity index (χ1) is 8.70. The molecule has 2 rings (SSSR count). The molecule has 1 fully saturated rings. The number of rotatable bonds is 3. The molecule has 1 N–H and O–H groups in total. The number of aromatic nitrogens is 2. The molecule has 0 unspecified atom stereocenters. The Kier molecular flexibility index (Phi) is 4.23. The number of amides is 1. The minimum atomic E-state index is -0.0822. The molecule has 1 aliphatic heterocycles. The van der Waals surface area contributed by atoms with E-state index >= 15 is 0 Å². The van der Waals surface area contributed by atoms with Gasteiger partial charge in [0.15, 0.2) is 0 Å². The molecule has 1 saturated heterocycles. The highest BCUT2D eigenvalue weighted by Gasteiger charge is 2.22. The lowest BCUT2D eigenvalue weighted by molar-refractivity contribution is 0.0917. The Balaban J connectivity index is 1.84. The molecular formula is C11H15N5OS. The number of piperidine rings is 1. The van der Waals surface area contributed by atoms with E-state index in [0.717, 1.165) is 37.5 Å². The summed E-state index contributed by atoms with van der Waals surface area (Å²) in [6, 6.07) is 2.34. The van der Waals surface area contributed by atoms with Crippen molar-refractivity contribution >= 4 is 17.4 Å². The number of aryl methyl sites for hydroxylation is 1. The Morgan fingerprint density at radius 1 is 1.61 bits per heavy atom. The molecule has 96 valence electrons. The van der Waals surface area contributed by atoms with E-state index in [4.69, 9.17) is 5.26 Å². The lowest BCUT2D eigenvalue weighted by Gasteiger charge is -2.30. The van der Waals surface area contributed by atoms with Crippen LogP contribution in [-0.4, -0.2) is 46.1 Å². The van der Waals surface area contributed by atoms with Crippen LogP contribution < -0.4 is 5.32 Å². The number of hydrogen-bond acceptors (Lipinski definition) is 6. The zero-order chi connectivity index (χ0) is 13.0. The lowest BCUT2D eigenvalue weighted by Crippen LogP contribution is -2.44. The average Bonchev–Trinajstić information content (AvgIpc) is 2.78. The van der Waals surface area contributed by atoms with Crippen molar-refractivity contribution < 1.29 is 4.79 Å².